The van der Waals surface area contributed by atoms with Gasteiger partial charge in [0.1, 0.15) is 6.10 Å². The Morgan fingerprint density at radius 1 is 1.18 bits per heavy atom. The van der Waals surface area contributed by atoms with Crippen LogP contribution in [0.25, 0.3) is 0 Å². The van der Waals surface area contributed by atoms with E-state index in [9.17, 15) is 4.79 Å². The summed E-state index contributed by atoms with van der Waals surface area (Å²) in [6.07, 6.45) is 6.33. The number of hydrogen-bond donors (Lipinski definition) is 0. The molecule has 1 aliphatic carbocycles. The maximum absolute atomic E-state index is 11.8. The normalized spacial score (nSPS) is 23.3. The third kappa shape index (κ3) is 1.91. The largest absolute Gasteiger partial charge is 0.482 e. The molecule has 1 atom stereocenters. The second kappa shape index (κ2) is 4.21. The number of allylic oxidation sites excluding steroid dienone is 4. The molecule has 17 heavy (non-hydrogen) atoms. The number of hydrogen-bond acceptors (Lipinski definition) is 2. The van der Waals surface area contributed by atoms with Crippen LogP contribution in [0, 0.1) is 0 Å². The number of carbonyl (C=O) groups is 1. The number of Topliss-reactive ketones (excluding diaryl/α,β-unsaturated/α-hetero) is 1. The van der Waals surface area contributed by atoms with E-state index in [2.05, 4.69) is 12.1 Å². The van der Waals surface area contributed by atoms with E-state index >= 15 is 0 Å². The Bertz CT molecular complexity index is 497. The molecule has 1 aromatic carbocycles. The van der Waals surface area contributed by atoms with Gasteiger partial charge in [0.25, 0.3) is 0 Å². The minimum atomic E-state index is 0.0328. The zero-order valence-corrected chi connectivity index (χ0v) is 9.56. The van der Waals surface area contributed by atoms with E-state index in [1.54, 1.807) is 0 Å². The van der Waals surface area contributed by atoms with Gasteiger partial charge in [0, 0.05) is 6.42 Å². The van der Waals surface area contributed by atoms with Crippen LogP contribution in [0.15, 0.2) is 53.8 Å². The summed E-state index contributed by atoms with van der Waals surface area (Å²) in [4.78, 5) is 11.8. The molecule has 2 heteroatoms. The Labute approximate surface area is 101 Å². The van der Waals surface area contributed by atoms with Gasteiger partial charge in [0.05, 0.1) is 0 Å². The Morgan fingerprint density at radius 2 is 2.00 bits per heavy atom. The van der Waals surface area contributed by atoms with E-state index in [-0.39, 0.29) is 11.9 Å². The zero-order valence-electron chi connectivity index (χ0n) is 9.56. The summed E-state index contributed by atoms with van der Waals surface area (Å²) in [5, 5.41) is 0. The molecule has 0 fully saturated rings. The fourth-order valence-electron chi connectivity index (χ4n) is 2.38. The molecule has 0 saturated carbocycles. The molecule has 1 heterocycles. The molecule has 0 amide bonds. The summed E-state index contributed by atoms with van der Waals surface area (Å²) in [5.41, 5.74) is 2.22. The molecule has 0 bridgehead atoms. The van der Waals surface area contributed by atoms with Gasteiger partial charge in [-0.3, -0.25) is 4.79 Å². The SMILES string of the molecule is O=C1CC=CC2=C1OC(c1ccccc1)CC2. The van der Waals surface area contributed by atoms with Crippen molar-refractivity contribution in [3.63, 3.8) is 0 Å². The average Bonchev–Trinajstić information content (AvgIpc) is 2.40. The van der Waals surface area contributed by atoms with Crippen molar-refractivity contribution in [1.82, 2.24) is 0 Å². The number of ketones is 1. The molecule has 0 N–H and O–H groups in total. The van der Waals surface area contributed by atoms with Crippen LogP contribution < -0.4 is 0 Å². The fourth-order valence-corrected chi connectivity index (χ4v) is 2.38. The average molecular weight is 226 g/mol. The summed E-state index contributed by atoms with van der Waals surface area (Å²) < 4.78 is 5.87. The van der Waals surface area contributed by atoms with Crippen LogP contribution in [0.3, 0.4) is 0 Å². The second-order valence-electron chi connectivity index (χ2n) is 4.44. The number of rotatable bonds is 1. The topological polar surface area (TPSA) is 26.3 Å². The van der Waals surface area contributed by atoms with Crippen molar-refractivity contribution in [3.8, 4) is 0 Å². The van der Waals surface area contributed by atoms with Crippen LogP contribution in [0.1, 0.15) is 30.9 Å². The lowest BCUT2D eigenvalue weighted by Gasteiger charge is -2.28. The highest BCUT2D eigenvalue weighted by atomic mass is 16.5. The zero-order chi connectivity index (χ0) is 11.7. The van der Waals surface area contributed by atoms with E-state index in [1.807, 2.05) is 30.4 Å². The van der Waals surface area contributed by atoms with E-state index in [0.717, 1.165) is 24.0 Å². The molecular formula is C15H14O2. The standard InChI is InChI=1S/C15H14O2/c16-13-8-4-7-12-9-10-14(17-15(12)13)11-5-2-1-3-6-11/h1-7,14H,8-10H2. The predicted molar refractivity (Wildman–Crippen MR) is 65.3 cm³/mol. The Morgan fingerprint density at radius 3 is 2.82 bits per heavy atom. The summed E-state index contributed by atoms with van der Waals surface area (Å²) >= 11 is 0. The predicted octanol–water partition coefficient (Wildman–Crippen LogP) is 3.32. The molecule has 0 spiro atoms. The molecule has 1 unspecified atom stereocenters. The van der Waals surface area contributed by atoms with Gasteiger partial charge in [0.15, 0.2) is 5.76 Å². The van der Waals surface area contributed by atoms with Crippen molar-refractivity contribution < 1.29 is 9.53 Å². The third-order valence-electron chi connectivity index (χ3n) is 3.27. The smallest absolute Gasteiger partial charge is 0.201 e. The quantitative estimate of drug-likeness (QED) is 0.734. The molecule has 3 rings (SSSR count). The number of ether oxygens (including phenoxy) is 1. The van der Waals surface area contributed by atoms with E-state index in [4.69, 9.17) is 4.74 Å². The first-order chi connectivity index (χ1) is 8.34. The highest BCUT2D eigenvalue weighted by molar-refractivity contribution is 5.97. The first-order valence-electron chi connectivity index (χ1n) is 5.99. The lowest BCUT2D eigenvalue weighted by Crippen LogP contribution is -2.19. The van der Waals surface area contributed by atoms with Gasteiger partial charge in [-0.15, -0.1) is 0 Å². The molecule has 0 radical (unpaired) electrons. The van der Waals surface area contributed by atoms with Crippen LogP contribution in [0.5, 0.6) is 0 Å². The van der Waals surface area contributed by atoms with E-state index < -0.39 is 0 Å². The van der Waals surface area contributed by atoms with Crippen LogP contribution in [-0.4, -0.2) is 5.78 Å². The van der Waals surface area contributed by atoms with Crippen LogP contribution in [0.4, 0.5) is 0 Å². The molecule has 0 aromatic heterocycles. The van der Waals surface area contributed by atoms with Crippen molar-refractivity contribution in [3.05, 3.63) is 59.4 Å². The van der Waals surface area contributed by atoms with Crippen LogP contribution in [-0.2, 0) is 9.53 Å². The van der Waals surface area contributed by atoms with Crippen molar-refractivity contribution >= 4 is 5.78 Å². The molecule has 86 valence electrons. The molecule has 1 aliphatic heterocycles. The lowest BCUT2D eigenvalue weighted by atomic mass is 9.93. The van der Waals surface area contributed by atoms with Gasteiger partial charge in [-0.1, -0.05) is 42.5 Å². The molecule has 1 aromatic rings. The number of carbonyl (C=O) groups excluding carboxylic acids is 1. The summed E-state index contributed by atoms with van der Waals surface area (Å²) in [6, 6.07) is 10.1. The second-order valence-corrected chi connectivity index (χ2v) is 4.44. The highest BCUT2D eigenvalue weighted by Gasteiger charge is 2.27. The maximum atomic E-state index is 11.8. The van der Waals surface area contributed by atoms with Gasteiger partial charge >= 0.3 is 0 Å². The van der Waals surface area contributed by atoms with E-state index in [1.165, 1.54) is 0 Å². The lowest BCUT2D eigenvalue weighted by molar-refractivity contribution is -0.120. The van der Waals surface area contributed by atoms with Crippen molar-refractivity contribution in [2.75, 3.05) is 0 Å². The molecule has 0 saturated heterocycles. The monoisotopic (exact) mass is 226 g/mol. The highest BCUT2D eigenvalue weighted by Crippen LogP contribution is 2.36. The Balaban J connectivity index is 1.88. The third-order valence-corrected chi connectivity index (χ3v) is 3.27. The van der Waals surface area contributed by atoms with Crippen molar-refractivity contribution in [2.24, 2.45) is 0 Å². The first-order valence-corrected chi connectivity index (χ1v) is 5.99. The minimum Gasteiger partial charge on any atom is -0.482 e. The summed E-state index contributed by atoms with van der Waals surface area (Å²) in [5.74, 6) is 0.704. The first kappa shape index (κ1) is 10.3. The Hall–Kier alpha value is -1.83. The summed E-state index contributed by atoms with van der Waals surface area (Å²) in [7, 11) is 0. The van der Waals surface area contributed by atoms with Gasteiger partial charge in [-0.25, -0.2) is 0 Å². The molecule has 2 nitrogen and oxygen atoms in total. The molecular weight excluding hydrogens is 212 g/mol. The van der Waals surface area contributed by atoms with Gasteiger partial charge in [0.2, 0.25) is 5.78 Å². The summed E-state index contributed by atoms with van der Waals surface area (Å²) in [6.45, 7) is 0. The van der Waals surface area contributed by atoms with Crippen molar-refractivity contribution in [2.45, 2.75) is 25.4 Å². The van der Waals surface area contributed by atoms with E-state index in [0.29, 0.717) is 12.2 Å². The van der Waals surface area contributed by atoms with Crippen molar-refractivity contribution in [1.29, 1.82) is 0 Å². The van der Waals surface area contributed by atoms with Gasteiger partial charge < -0.3 is 4.74 Å². The van der Waals surface area contributed by atoms with Gasteiger partial charge in [-0.05, 0) is 24.0 Å². The van der Waals surface area contributed by atoms with Crippen LogP contribution >= 0.6 is 0 Å². The number of benzene rings is 1. The molecule has 2 aliphatic rings. The van der Waals surface area contributed by atoms with Crippen LogP contribution in [0.2, 0.25) is 0 Å². The maximum Gasteiger partial charge on any atom is 0.201 e. The van der Waals surface area contributed by atoms with Gasteiger partial charge in [-0.2, -0.15) is 0 Å². The Kier molecular flexibility index (Phi) is 2.56. The minimum absolute atomic E-state index is 0.0328. The fraction of sp³-hybridized carbons (Fsp3) is 0.267.